The zero-order valence-corrected chi connectivity index (χ0v) is 20.3. The summed E-state index contributed by atoms with van der Waals surface area (Å²) in [4.78, 5) is 26.3. The van der Waals surface area contributed by atoms with E-state index in [4.69, 9.17) is 19.4 Å². The minimum Gasteiger partial charge on any atom is -0.474 e. The van der Waals surface area contributed by atoms with E-state index in [0.29, 0.717) is 37.9 Å². The number of nitrogens with zero attached hydrogens (tertiary/aromatic N) is 3. The number of aliphatic hydroxyl groups excluding tert-OH is 1. The van der Waals surface area contributed by atoms with Crippen LogP contribution in [0.4, 0.5) is 0 Å². The standard InChI is InChI=1S/C28H33N3O4/c1-2-25(33)20-5-3-18(4-6-20)15-26-29-17-24-27(31-26)23(19-7-9-21(32)10-8-19)16-30-28(24)35-22-11-13-34-14-12-22/h3-6,16-17,19,21-22,32H,2,7-15H2,1H3. The summed E-state index contributed by atoms with van der Waals surface area (Å²) in [5.74, 6) is 1.77. The SMILES string of the molecule is CCC(=O)c1ccc(Cc2ncc3c(OC4CCOCC4)ncc(C4CCC(O)CC4)c3n2)cc1. The first-order valence-corrected chi connectivity index (χ1v) is 12.8. The quantitative estimate of drug-likeness (QED) is 0.491. The highest BCUT2D eigenvalue weighted by Crippen LogP contribution is 2.38. The maximum Gasteiger partial charge on any atom is 0.224 e. The summed E-state index contributed by atoms with van der Waals surface area (Å²) in [5, 5.41) is 10.8. The fourth-order valence-electron chi connectivity index (χ4n) is 5.07. The molecule has 3 heterocycles. The molecular formula is C28H33N3O4. The number of hydrogen-bond donors (Lipinski definition) is 1. The van der Waals surface area contributed by atoms with E-state index in [1.807, 2.05) is 43.6 Å². The molecule has 5 rings (SSSR count). The van der Waals surface area contributed by atoms with Gasteiger partial charge in [0.25, 0.3) is 0 Å². The fraction of sp³-hybridized carbons (Fsp3) is 0.500. The molecule has 184 valence electrons. The van der Waals surface area contributed by atoms with Gasteiger partial charge in [-0.2, -0.15) is 0 Å². The third-order valence-electron chi connectivity index (χ3n) is 7.21. The number of hydrogen-bond acceptors (Lipinski definition) is 7. The van der Waals surface area contributed by atoms with E-state index in [1.165, 1.54) is 0 Å². The molecule has 0 unspecified atom stereocenters. The lowest BCUT2D eigenvalue weighted by molar-refractivity contribution is 0.0244. The molecule has 0 spiro atoms. The smallest absolute Gasteiger partial charge is 0.224 e. The van der Waals surface area contributed by atoms with Crippen molar-refractivity contribution in [2.75, 3.05) is 13.2 Å². The largest absolute Gasteiger partial charge is 0.474 e. The number of pyridine rings is 1. The molecule has 7 nitrogen and oxygen atoms in total. The van der Waals surface area contributed by atoms with Crippen LogP contribution in [0.15, 0.2) is 36.7 Å². The normalized spacial score (nSPS) is 21.2. The Balaban J connectivity index is 1.46. The minimum atomic E-state index is -0.214. The number of aliphatic hydroxyl groups is 1. The Hall–Kier alpha value is -2.90. The molecule has 1 N–H and O–H groups in total. The minimum absolute atomic E-state index is 0.0825. The van der Waals surface area contributed by atoms with Crippen molar-refractivity contribution in [1.82, 2.24) is 15.0 Å². The third-order valence-corrected chi connectivity index (χ3v) is 7.21. The van der Waals surface area contributed by atoms with E-state index in [9.17, 15) is 9.90 Å². The predicted molar refractivity (Wildman–Crippen MR) is 133 cm³/mol. The molecule has 0 atom stereocenters. The average Bonchev–Trinajstić information content (AvgIpc) is 2.90. The van der Waals surface area contributed by atoms with Crippen LogP contribution in [0.3, 0.4) is 0 Å². The summed E-state index contributed by atoms with van der Waals surface area (Å²) < 4.78 is 11.8. The maximum absolute atomic E-state index is 11.9. The number of fused-ring (bicyclic) bond motifs is 1. The molecule has 0 radical (unpaired) electrons. The van der Waals surface area contributed by atoms with Gasteiger partial charge in [0.1, 0.15) is 11.9 Å². The molecule has 3 aromatic rings. The molecule has 2 aliphatic rings. The van der Waals surface area contributed by atoms with Crippen LogP contribution in [0.25, 0.3) is 10.9 Å². The zero-order chi connectivity index (χ0) is 24.2. The second kappa shape index (κ2) is 10.8. The highest BCUT2D eigenvalue weighted by molar-refractivity contribution is 5.95. The number of ketones is 1. The Morgan fingerprint density at radius 1 is 1.03 bits per heavy atom. The first-order valence-electron chi connectivity index (χ1n) is 12.8. The van der Waals surface area contributed by atoms with Gasteiger partial charge in [0, 0.05) is 49.2 Å². The Morgan fingerprint density at radius 2 is 1.77 bits per heavy atom. The summed E-state index contributed by atoms with van der Waals surface area (Å²) in [6.07, 6.45) is 9.85. The molecule has 0 bridgehead atoms. The molecule has 1 saturated carbocycles. The monoisotopic (exact) mass is 475 g/mol. The molecule has 2 aromatic heterocycles. The lowest BCUT2D eigenvalue weighted by Gasteiger charge is -2.27. The van der Waals surface area contributed by atoms with E-state index in [-0.39, 0.29) is 18.0 Å². The summed E-state index contributed by atoms with van der Waals surface area (Å²) in [5.41, 5.74) is 3.80. The van der Waals surface area contributed by atoms with Crippen molar-refractivity contribution in [3.05, 3.63) is 59.2 Å². The number of benzene rings is 1. The molecule has 35 heavy (non-hydrogen) atoms. The summed E-state index contributed by atoms with van der Waals surface area (Å²) in [6.45, 7) is 3.28. The van der Waals surface area contributed by atoms with Gasteiger partial charge in [-0.3, -0.25) is 4.79 Å². The molecule has 1 saturated heterocycles. The van der Waals surface area contributed by atoms with E-state index >= 15 is 0 Å². The first kappa shape index (κ1) is 23.8. The van der Waals surface area contributed by atoms with Crippen LogP contribution in [0.2, 0.25) is 0 Å². The van der Waals surface area contributed by atoms with Crippen LogP contribution < -0.4 is 4.74 Å². The highest BCUT2D eigenvalue weighted by Gasteiger charge is 2.25. The number of rotatable bonds is 7. The van der Waals surface area contributed by atoms with Gasteiger partial charge in [-0.05, 0) is 37.2 Å². The number of Topliss-reactive ketones (excluding diaryl/α,β-unsaturated/α-hetero) is 1. The first-order chi connectivity index (χ1) is 17.1. The van der Waals surface area contributed by atoms with Crippen LogP contribution in [-0.2, 0) is 11.2 Å². The number of aromatic nitrogens is 3. The van der Waals surface area contributed by atoms with Gasteiger partial charge in [-0.1, -0.05) is 31.2 Å². The van der Waals surface area contributed by atoms with Gasteiger partial charge in [0.15, 0.2) is 5.78 Å². The summed E-state index contributed by atoms with van der Waals surface area (Å²) in [7, 11) is 0. The number of carbonyl (C=O) groups excluding carboxylic acids is 1. The van der Waals surface area contributed by atoms with Crippen molar-refractivity contribution < 1.29 is 19.4 Å². The van der Waals surface area contributed by atoms with Gasteiger partial charge in [-0.25, -0.2) is 15.0 Å². The molecule has 2 fully saturated rings. The van der Waals surface area contributed by atoms with Crippen molar-refractivity contribution in [2.24, 2.45) is 0 Å². The second-order valence-electron chi connectivity index (χ2n) is 9.65. The fourth-order valence-corrected chi connectivity index (χ4v) is 5.07. The summed E-state index contributed by atoms with van der Waals surface area (Å²) >= 11 is 0. The van der Waals surface area contributed by atoms with E-state index < -0.39 is 0 Å². The van der Waals surface area contributed by atoms with Crippen molar-refractivity contribution in [1.29, 1.82) is 0 Å². The lowest BCUT2D eigenvalue weighted by Crippen LogP contribution is -2.26. The van der Waals surface area contributed by atoms with Crippen molar-refractivity contribution >= 4 is 16.7 Å². The molecule has 1 aliphatic carbocycles. The Kier molecular flexibility index (Phi) is 7.35. The third kappa shape index (κ3) is 5.52. The van der Waals surface area contributed by atoms with Crippen LogP contribution in [0.5, 0.6) is 5.88 Å². The van der Waals surface area contributed by atoms with E-state index in [2.05, 4.69) is 4.98 Å². The summed E-state index contributed by atoms with van der Waals surface area (Å²) in [6, 6.07) is 7.72. The Bertz CT molecular complexity index is 1170. The molecule has 1 aliphatic heterocycles. The van der Waals surface area contributed by atoms with Gasteiger partial charge in [0.2, 0.25) is 5.88 Å². The van der Waals surface area contributed by atoms with Crippen molar-refractivity contribution in [3.8, 4) is 5.88 Å². The van der Waals surface area contributed by atoms with Crippen molar-refractivity contribution in [2.45, 2.75) is 76.4 Å². The highest BCUT2D eigenvalue weighted by atomic mass is 16.5. The molecule has 7 heteroatoms. The predicted octanol–water partition coefficient (Wildman–Crippen LogP) is 4.78. The lowest BCUT2D eigenvalue weighted by atomic mass is 9.82. The van der Waals surface area contributed by atoms with Gasteiger partial charge in [0.05, 0.1) is 30.2 Å². The van der Waals surface area contributed by atoms with Gasteiger partial charge < -0.3 is 14.6 Å². The van der Waals surface area contributed by atoms with Crippen LogP contribution in [0, 0.1) is 0 Å². The van der Waals surface area contributed by atoms with Gasteiger partial charge >= 0.3 is 0 Å². The van der Waals surface area contributed by atoms with Crippen molar-refractivity contribution in [3.63, 3.8) is 0 Å². The average molecular weight is 476 g/mol. The zero-order valence-electron chi connectivity index (χ0n) is 20.3. The van der Waals surface area contributed by atoms with Crippen LogP contribution >= 0.6 is 0 Å². The molecule has 0 amide bonds. The Morgan fingerprint density at radius 3 is 2.49 bits per heavy atom. The topological polar surface area (TPSA) is 94.4 Å². The maximum atomic E-state index is 11.9. The van der Waals surface area contributed by atoms with Gasteiger partial charge in [-0.15, -0.1) is 0 Å². The Labute approximate surface area is 205 Å². The number of ether oxygens (including phenoxy) is 2. The van der Waals surface area contributed by atoms with Crippen LogP contribution in [-0.4, -0.2) is 51.3 Å². The van der Waals surface area contributed by atoms with E-state index in [0.717, 1.165) is 71.9 Å². The van der Waals surface area contributed by atoms with Crippen LogP contribution in [0.1, 0.15) is 85.1 Å². The number of carbonyl (C=O) groups is 1. The van der Waals surface area contributed by atoms with E-state index in [1.54, 1.807) is 0 Å². The second-order valence-corrected chi connectivity index (χ2v) is 9.65. The molecular weight excluding hydrogens is 442 g/mol. The molecule has 1 aromatic carbocycles.